The number of fused-ring (bicyclic) bond motifs is 1. The van der Waals surface area contributed by atoms with Crippen molar-refractivity contribution in [3.05, 3.63) is 28.7 Å². The third-order valence-corrected chi connectivity index (χ3v) is 9.70. The molecule has 1 aromatic carbocycles. The summed E-state index contributed by atoms with van der Waals surface area (Å²) in [5.41, 5.74) is 2.83. The highest BCUT2D eigenvalue weighted by molar-refractivity contribution is 6.76. The Morgan fingerprint density at radius 3 is 2.24 bits per heavy atom. The molecule has 8 nitrogen and oxygen atoms in total. The van der Waals surface area contributed by atoms with Crippen LogP contribution in [0.1, 0.15) is 46.5 Å². The van der Waals surface area contributed by atoms with Gasteiger partial charge in [0.15, 0.2) is 0 Å². The van der Waals surface area contributed by atoms with Gasteiger partial charge in [-0.2, -0.15) is 0 Å². The Kier molecular flexibility index (Phi) is 7.86. The number of ether oxygens (including phenoxy) is 2. The van der Waals surface area contributed by atoms with E-state index in [4.69, 9.17) is 9.47 Å². The summed E-state index contributed by atoms with van der Waals surface area (Å²) in [5, 5.41) is 0. The Morgan fingerprint density at radius 1 is 1.03 bits per heavy atom. The Bertz CT molecular complexity index is 1160. The summed E-state index contributed by atoms with van der Waals surface area (Å²) in [4.78, 5) is 29.9. The van der Waals surface area contributed by atoms with E-state index < -0.39 is 13.7 Å². The number of nitrogens with zero attached hydrogens (tertiary/aromatic N) is 4. The second-order valence-corrected chi connectivity index (χ2v) is 18.8. The van der Waals surface area contributed by atoms with Gasteiger partial charge in [-0.3, -0.25) is 9.13 Å². The monoisotopic (exact) mass is 530 g/mol. The molecule has 4 rings (SSSR count). The Labute approximate surface area is 222 Å². The van der Waals surface area contributed by atoms with Gasteiger partial charge in [-0.1, -0.05) is 25.7 Å². The summed E-state index contributed by atoms with van der Waals surface area (Å²) in [7, 11) is 0.691. The average Bonchev–Trinajstić information content (AvgIpc) is 3.06. The number of aryl methyl sites for hydroxylation is 1. The summed E-state index contributed by atoms with van der Waals surface area (Å²) >= 11 is 0. The Balaban J connectivity index is 1.41. The van der Waals surface area contributed by atoms with E-state index in [0.29, 0.717) is 13.3 Å². The van der Waals surface area contributed by atoms with Crippen molar-refractivity contribution in [2.75, 3.05) is 37.7 Å². The largest absolute Gasteiger partial charge is 0.444 e. The summed E-state index contributed by atoms with van der Waals surface area (Å²) in [6.07, 6.45) is 4.04. The molecule has 0 N–H and O–H groups in total. The number of para-hydroxylation sites is 1. The topological polar surface area (TPSA) is 68.9 Å². The highest BCUT2D eigenvalue weighted by atomic mass is 28.3. The number of amides is 1. The molecule has 2 aliphatic heterocycles. The number of piperidine rings is 2. The van der Waals surface area contributed by atoms with Crippen LogP contribution in [0, 0.1) is 5.41 Å². The second kappa shape index (κ2) is 10.5. The van der Waals surface area contributed by atoms with E-state index in [9.17, 15) is 9.59 Å². The van der Waals surface area contributed by atoms with Gasteiger partial charge in [0.05, 0.1) is 16.7 Å². The standard InChI is InChI=1S/C28H46N4O4Si/c1-27(2,3)36-26(34)31-17-13-28(14-18-31)11-15-30(16-12-28)22-9-8-10-23-24(22)29(4)25(33)32(23)21-35-19-20-37(5,6)7/h8-10H,11-21H2,1-7H3. The highest BCUT2D eigenvalue weighted by Crippen LogP contribution is 2.43. The van der Waals surface area contributed by atoms with Crippen LogP contribution in [0.2, 0.25) is 25.7 Å². The van der Waals surface area contributed by atoms with E-state index in [2.05, 4.69) is 36.7 Å². The number of carbonyl (C=O) groups excluding carboxylic acids is 1. The van der Waals surface area contributed by atoms with Crippen molar-refractivity contribution in [2.45, 2.75) is 84.5 Å². The lowest BCUT2D eigenvalue weighted by molar-refractivity contribution is 0.00666. The van der Waals surface area contributed by atoms with Crippen LogP contribution in [0.25, 0.3) is 11.0 Å². The Hall–Kier alpha value is -2.26. The van der Waals surface area contributed by atoms with Crippen molar-refractivity contribution in [2.24, 2.45) is 12.5 Å². The van der Waals surface area contributed by atoms with Gasteiger partial charge < -0.3 is 19.3 Å². The first kappa shape index (κ1) is 27.8. The zero-order valence-electron chi connectivity index (χ0n) is 23.9. The molecule has 2 saturated heterocycles. The number of hydrogen-bond acceptors (Lipinski definition) is 5. The van der Waals surface area contributed by atoms with Gasteiger partial charge in [0.1, 0.15) is 12.3 Å². The summed E-state index contributed by atoms with van der Waals surface area (Å²) in [6.45, 7) is 17.2. The normalized spacial score (nSPS) is 18.6. The molecule has 1 amide bonds. The van der Waals surface area contributed by atoms with Crippen LogP contribution in [0.5, 0.6) is 0 Å². The number of carbonyl (C=O) groups is 1. The minimum atomic E-state index is -1.18. The molecule has 206 valence electrons. The first-order valence-electron chi connectivity index (χ1n) is 13.8. The van der Waals surface area contributed by atoms with E-state index in [0.717, 1.165) is 74.6 Å². The highest BCUT2D eigenvalue weighted by Gasteiger charge is 2.39. The third kappa shape index (κ3) is 6.42. The summed E-state index contributed by atoms with van der Waals surface area (Å²) in [5.74, 6) is 0. The minimum absolute atomic E-state index is 0.0292. The van der Waals surface area contributed by atoms with Crippen LogP contribution in [-0.2, 0) is 23.3 Å². The van der Waals surface area contributed by atoms with Crippen molar-refractivity contribution in [3.8, 4) is 0 Å². The molecule has 0 radical (unpaired) electrons. The molecule has 2 aromatic rings. The van der Waals surface area contributed by atoms with Crippen molar-refractivity contribution in [3.63, 3.8) is 0 Å². The molecule has 2 fully saturated rings. The molecule has 2 aliphatic rings. The SMILES string of the molecule is Cn1c(=O)n(COCC[Si](C)(C)C)c2cccc(N3CCC4(CCN(C(=O)OC(C)(C)C)CC4)CC3)c21. The first-order valence-corrected chi connectivity index (χ1v) is 17.5. The zero-order chi connectivity index (χ0) is 27.0. The number of aromatic nitrogens is 2. The van der Waals surface area contributed by atoms with E-state index in [-0.39, 0.29) is 17.2 Å². The number of anilines is 1. The zero-order valence-corrected chi connectivity index (χ0v) is 24.9. The lowest BCUT2D eigenvalue weighted by Gasteiger charge is -2.47. The predicted molar refractivity (Wildman–Crippen MR) is 152 cm³/mol. The predicted octanol–water partition coefficient (Wildman–Crippen LogP) is 5.27. The van der Waals surface area contributed by atoms with Gasteiger partial charge in [0, 0.05) is 47.9 Å². The number of benzene rings is 1. The molecule has 9 heteroatoms. The fraction of sp³-hybridized carbons (Fsp3) is 0.714. The molecule has 0 saturated carbocycles. The Morgan fingerprint density at radius 2 is 1.65 bits per heavy atom. The average molecular weight is 531 g/mol. The van der Waals surface area contributed by atoms with E-state index >= 15 is 0 Å². The maximum absolute atomic E-state index is 13.1. The molecule has 1 aromatic heterocycles. The van der Waals surface area contributed by atoms with Crippen molar-refractivity contribution < 1.29 is 14.3 Å². The van der Waals surface area contributed by atoms with Crippen LogP contribution in [0.4, 0.5) is 10.5 Å². The van der Waals surface area contributed by atoms with E-state index in [1.165, 1.54) is 0 Å². The van der Waals surface area contributed by atoms with E-state index in [1.54, 1.807) is 9.13 Å². The summed E-state index contributed by atoms with van der Waals surface area (Å²) in [6, 6.07) is 7.31. The lowest BCUT2D eigenvalue weighted by atomic mass is 9.71. The van der Waals surface area contributed by atoms with Crippen LogP contribution < -0.4 is 10.6 Å². The fourth-order valence-corrected chi connectivity index (χ4v) is 6.34. The molecule has 0 bridgehead atoms. The quantitative estimate of drug-likeness (QED) is 0.376. The maximum atomic E-state index is 13.1. The second-order valence-electron chi connectivity index (χ2n) is 13.2. The van der Waals surface area contributed by atoms with Crippen LogP contribution in [0.15, 0.2) is 23.0 Å². The van der Waals surface area contributed by atoms with Gasteiger partial charge in [-0.05, 0) is 70.0 Å². The van der Waals surface area contributed by atoms with Crippen LogP contribution in [-0.4, -0.2) is 66.6 Å². The number of rotatable bonds is 6. The van der Waals surface area contributed by atoms with Crippen molar-refractivity contribution >= 4 is 30.9 Å². The summed E-state index contributed by atoms with van der Waals surface area (Å²) < 4.78 is 15.1. The molecule has 1 spiro atoms. The molecule has 0 unspecified atom stereocenters. The molecular weight excluding hydrogens is 484 g/mol. The lowest BCUT2D eigenvalue weighted by Crippen LogP contribution is -2.49. The molecule has 37 heavy (non-hydrogen) atoms. The van der Waals surface area contributed by atoms with Crippen LogP contribution in [0.3, 0.4) is 0 Å². The van der Waals surface area contributed by atoms with Crippen molar-refractivity contribution in [1.29, 1.82) is 0 Å². The van der Waals surface area contributed by atoms with E-state index in [1.807, 2.05) is 38.8 Å². The molecule has 0 aliphatic carbocycles. The number of hydrogen-bond donors (Lipinski definition) is 0. The number of likely N-dealkylation sites (tertiary alicyclic amines) is 1. The van der Waals surface area contributed by atoms with Gasteiger partial charge in [0.2, 0.25) is 0 Å². The molecular formula is C28H46N4O4Si. The maximum Gasteiger partial charge on any atom is 0.410 e. The molecule has 3 heterocycles. The van der Waals surface area contributed by atoms with Gasteiger partial charge in [-0.25, -0.2) is 9.59 Å². The van der Waals surface area contributed by atoms with Crippen LogP contribution >= 0.6 is 0 Å². The van der Waals surface area contributed by atoms with Gasteiger partial charge >= 0.3 is 11.8 Å². The molecule has 0 atom stereocenters. The number of imidazole rings is 1. The van der Waals surface area contributed by atoms with Gasteiger partial charge in [0.25, 0.3) is 0 Å². The van der Waals surface area contributed by atoms with Gasteiger partial charge in [-0.15, -0.1) is 0 Å². The third-order valence-electron chi connectivity index (χ3n) is 7.99. The fourth-order valence-electron chi connectivity index (χ4n) is 5.59. The smallest absolute Gasteiger partial charge is 0.410 e. The van der Waals surface area contributed by atoms with Crippen molar-refractivity contribution in [1.82, 2.24) is 14.0 Å². The first-order chi connectivity index (χ1) is 17.3. The minimum Gasteiger partial charge on any atom is -0.444 e.